The zero-order valence-corrected chi connectivity index (χ0v) is 12.1. The molecule has 0 saturated carbocycles. The van der Waals surface area contributed by atoms with Crippen LogP contribution in [0.1, 0.15) is 32.8 Å². The largest absolute Gasteiger partial charge is 0.366 e. The van der Waals surface area contributed by atoms with Gasteiger partial charge >= 0.3 is 0 Å². The molecular weight excluding hydrogens is 220 g/mol. The third kappa shape index (κ3) is 2.86. The first kappa shape index (κ1) is 13.4. The zero-order valence-electron chi connectivity index (χ0n) is 12.1. The number of anilines is 1. The first-order chi connectivity index (χ1) is 8.61. The summed E-state index contributed by atoms with van der Waals surface area (Å²) in [6, 6.07) is 10.2. The predicted molar refractivity (Wildman–Crippen MR) is 79.2 cm³/mol. The van der Waals surface area contributed by atoms with E-state index in [9.17, 15) is 0 Å². The second-order valence-electron chi connectivity index (χ2n) is 5.81. The highest BCUT2D eigenvalue weighted by Gasteiger charge is 2.28. The molecule has 1 fully saturated rings. The summed E-state index contributed by atoms with van der Waals surface area (Å²) in [5.74, 6) is 0.691. The molecule has 1 heterocycles. The molecule has 2 unspecified atom stereocenters. The van der Waals surface area contributed by atoms with Gasteiger partial charge in [-0.05, 0) is 31.4 Å². The molecule has 18 heavy (non-hydrogen) atoms. The maximum absolute atomic E-state index is 3.69. The van der Waals surface area contributed by atoms with Gasteiger partial charge in [-0.25, -0.2) is 0 Å². The minimum atomic E-state index is 0.606. The van der Waals surface area contributed by atoms with Crippen molar-refractivity contribution in [1.82, 2.24) is 5.32 Å². The van der Waals surface area contributed by atoms with Crippen LogP contribution >= 0.6 is 0 Å². The Morgan fingerprint density at radius 2 is 1.94 bits per heavy atom. The van der Waals surface area contributed by atoms with E-state index in [4.69, 9.17) is 0 Å². The summed E-state index contributed by atoms with van der Waals surface area (Å²) in [6.07, 6.45) is 1.20. The molecule has 1 saturated heterocycles. The SMILES string of the molecule is CCC1CNC(C(C)C)CN1c1ccc(C)cc1. The number of aryl methyl sites for hydroxylation is 1. The van der Waals surface area contributed by atoms with Crippen LogP contribution in [-0.2, 0) is 0 Å². The van der Waals surface area contributed by atoms with E-state index in [0.29, 0.717) is 18.0 Å². The van der Waals surface area contributed by atoms with Gasteiger partial charge in [-0.3, -0.25) is 0 Å². The Balaban J connectivity index is 2.18. The smallest absolute Gasteiger partial charge is 0.0412 e. The fourth-order valence-corrected chi connectivity index (χ4v) is 2.69. The number of hydrogen-bond acceptors (Lipinski definition) is 2. The molecule has 2 nitrogen and oxygen atoms in total. The Hall–Kier alpha value is -1.02. The standard InChI is InChI=1S/C16H26N2/c1-5-14-10-17-16(12(2)3)11-18(14)15-8-6-13(4)7-9-15/h6-9,12,14,16-17H,5,10-11H2,1-4H3. The molecule has 0 spiro atoms. The summed E-state index contributed by atoms with van der Waals surface area (Å²) in [7, 11) is 0. The Kier molecular flexibility index (Phi) is 4.28. The van der Waals surface area contributed by atoms with Gasteiger partial charge in [0.15, 0.2) is 0 Å². The lowest BCUT2D eigenvalue weighted by Crippen LogP contribution is -2.58. The molecule has 0 radical (unpaired) electrons. The molecule has 1 aromatic carbocycles. The van der Waals surface area contributed by atoms with Crippen molar-refractivity contribution in [2.45, 2.75) is 46.2 Å². The van der Waals surface area contributed by atoms with E-state index in [0.717, 1.165) is 13.1 Å². The van der Waals surface area contributed by atoms with Crippen LogP contribution < -0.4 is 10.2 Å². The fourth-order valence-electron chi connectivity index (χ4n) is 2.69. The molecule has 0 amide bonds. The van der Waals surface area contributed by atoms with E-state index in [1.54, 1.807) is 0 Å². The lowest BCUT2D eigenvalue weighted by atomic mass is 9.97. The minimum absolute atomic E-state index is 0.606. The third-order valence-corrected chi connectivity index (χ3v) is 4.09. The lowest BCUT2D eigenvalue weighted by Gasteiger charge is -2.43. The monoisotopic (exact) mass is 246 g/mol. The molecule has 2 rings (SSSR count). The fraction of sp³-hybridized carbons (Fsp3) is 0.625. The van der Waals surface area contributed by atoms with Crippen LogP contribution in [-0.4, -0.2) is 25.2 Å². The van der Waals surface area contributed by atoms with Crippen LogP contribution in [0.5, 0.6) is 0 Å². The average molecular weight is 246 g/mol. The first-order valence-electron chi connectivity index (χ1n) is 7.18. The van der Waals surface area contributed by atoms with Gasteiger partial charge in [0.05, 0.1) is 0 Å². The third-order valence-electron chi connectivity index (χ3n) is 4.09. The van der Waals surface area contributed by atoms with E-state index in [-0.39, 0.29) is 0 Å². The van der Waals surface area contributed by atoms with Crippen molar-refractivity contribution in [1.29, 1.82) is 0 Å². The number of hydrogen-bond donors (Lipinski definition) is 1. The van der Waals surface area contributed by atoms with Gasteiger partial charge < -0.3 is 10.2 Å². The second-order valence-corrected chi connectivity index (χ2v) is 5.81. The van der Waals surface area contributed by atoms with Gasteiger partial charge in [-0.15, -0.1) is 0 Å². The van der Waals surface area contributed by atoms with Gasteiger partial charge in [-0.2, -0.15) is 0 Å². The summed E-state index contributed by atoms with van der Waals surface area (Å²) in [4.78, 5) is 2.58. The molecule has 1 aromatic rings. The number of piperazine rings is 1. The molecule has 1 aliphatic rings. The zero-order chi connectivity index (χ0) is 13.1. The van der Waals surface area contributed by atoms with Gasteiger partial charge in [0.25, 0.3) is 0 Å². The van der Waals surface area contributed by atoms with E-state index < -0.39 is 0 Å². The number of rotatable bonds is 3. The minimum Gasteiger partial charge on any atom is -0.366 e. The predicted octanol–water partition coefficient (Wildman–Crippen LogP) is 3.21. The van der Waals surface area contributed by atoms with E-state index in [1.807, 2.05) is 0 Å². The van der Waals surface area contributed by atoms with E-state index in [1.165, 1.54) is 17.7 Å². The first-order valence-corrected chi connectivity index (χ1v) is 7.18. The van der Waals surface area contributed by atoms with Crippen molar-refractivity contribution in [2.24, 2.45) is 5.92 Å². The molecule has 0 aliphatic carbocycles. The average Bonchev–Trinajstić information content (AvgIpc) is 2.39. The van der Waals surface area contributed by atoms with Crippen molar-refractivity contribution in [3.63, 3.8) is 0 Å². The molecule has 100 valence electrons. The summed E-state index contributed by atoms with van der Waals surface area (Å²) in [5, 5.41) is 3.69. The highest BCUT2D eigenvalue weighted by atomic mass is 15.2. The molecule has 1 N–H and O–H groups in total. The van der Waals surface area contributed by atoms with Crippen molar-refractivity contribution in [3.8, 4) is 0 Å². The second kappa shape index (κ2) is 5.75. The highest BCUT2D eigenvalue weighted by Crippen LogP contribution is 2.23. The Labute approximate surface area is 111 Å². The van der Waals surface area contributed by atoms with Crippen molar-refractivity contribution in [3.05, 3.63) is 29.8 Å². The normalized spacial score (nSPS) is 24.6. The van der Waals surface area contributed by atoms with Crippen LogP contribution in [0, 0.1) is 12.8 Å². The summed E-state index contributed by atoms with van der Waals surface area (Å²) >= 11 is 0. The number of nitrogens with zero attached hydrogens (tertiary/aromatic N) is 1. The highest BCUT2D eigenvalue weighted by molar-refractivity contribution is 5.49. The molecule has 0 bridgehead atoms. The van der Waals surface area contributed by atoms with Crippen molar-refractivity contribution in [2.75, 3.05) is 18.0 Å². The van der Waals surface area contributed by atoms with Crippen molar-refractivity contribution >= 4 is 5.69 Å². The summed E-state index contributed by atoms with van der Waals surface area (Å²) in [5.41, 5.74) is 2.71. The molecule has 1 aliphatic heterocycles. The Bertz CT molecular complexity index is 369. The maximum Gasteiger partial charge on any atom is 0.0412 e. The van der Waals surface area contributed by atoms with Gasteiger partial charge in [0.2, 0.25) is 0 Å². The van der Waals surface area contributed by atoms with E-state index >= 15 is 0 Å². The quantitative estimate of drug-likeness (QED) is 0.881. The Morgan fingerprint density at radius 1 is 1.28 bits per heavy atom. The molecular formula is C16H26N2. The number of benzene rings is 1. The summed E-state index contributed by atoms with van der Waals surface area (Å²) in [6.45, 7) is 11.3. The van der Waals surface area contributed by atoms with Crippen LogP contribution in [0.2, 0.25) is 0 Å². The number of nitrogens with one attached hydrogen (secondary N) is 1. The van der Waals surface area contributed by atoms with Gasteiger partial charge in [0.1, 0.15) is 0 Å². The van der Waals surface area contributed by atoms with Gasteiger partial charge in [-0.1, -0.05) is 38.5 Å². The topological polar surface area (TPSA) is 15.3 Å². The Morgan fingerprint density at radius 3 is 2.50 bits per heavy atom. The summed E-state index contributed by atoms with van der Waals surface area (Å²) < 4.78 is 0. The molecule has 2 heteroatoms. The van der Waals surface area contributed by atoms with Crippen molar-refractivity contribution < 1.29 is 0 Å². The van der Waals surface area contributed by atoms with Crippen LogP contribution in [0.15, 0.2) is 24.3 Å². The van der Waals surface area contributed by atoms with Crippen LogP contribution in [0.4, 0.5) is 5.69 Å². The lowest BCUT2D eigenvalue weighted by molar-refractivity contribution is 0.325. The van der Waals surface area contributed by atoms with Crippen LogP contribution in [0.3, 0.4) is 0 Å². The van der Waals surface area contributed by atoms with Gasteiger partial charge in [0, 0.05) is 30.9 Å². The molecule has 2 atom stereocenters. The maximum atomic E-state index is 3.69. The van der Waals surface area contributed by atoms with E-state index in [2.05, 4.69) is 62.2 Å². The molecule has 0 aromatic heterocycles. The van der Waals surface area contributed by atoms with Crippen LogP contribution in [0.25, 0.3) is 0 Å².